The van der Waals surface area contributed by atoms with Gasteiger partial charge >= 0.3 is 6.18 Å². The number of hydrogen-bond acceptors (Lipinski definition) is 4. The van der Waals surface area contributed by atoms with Crippen molar-refractivity contribution in [3.63, 3.8) is 0 Å². The van der Waals surface area contributed by atoms with Gasteiger partial charge in [-0.1, -0.05) is 11.4 Å². The zero-order chi connectivity index (χ0) is 11.3. The molecule has 0 aliphatic carbocycles. The number of hydrogen-bond donors (Lipinski definition) is 1. The number of nitrogens with zero attached hydrogens (tertiary/aromatic N) is 2. The Bertz CT molecular complexity index is 273. The van der Waals surface area contributed by atoms with Crippen LogP contribution >= 0.6 is 11.5 Å². The largest absolute Gasteiger partial charge is 0.389 e. The van der Waals surface area contributed by atoms with E-state index in [1.807, 2.05) is 6.92 Å². The maximum absolute atomic E-state index is 12.0. The summed E-state index contributed by atoms with van der Waals surface area (Å²) >= 11 is 1.13. The van der Waals surface area contributed by atoms with Gasteiger partial charge in [-0.15, -0.1) is 5.10 Å². The molecule has 1 aromatic heterocycles. The first-order valence-electron chi connectivity index (χ1n) is 4.60. The molecular weight excluding hydrogens is 227 g/mol. The summed E-state index contributed by atoms with van der Waals surface area (Å²) < 4.78 is 39.8. The highest BCUT2D eigenvalue weighted by Gasteiger charge is 2.28. The van der Waals surface area contributed by atoms with Gasteiger partial charge in [0.2, 0.25) is 0 Å². The fraction of sp³-hybridized carbons (Fsp3) is 0.750. The van der Waals surface area contributed by atoms with Crippen LogP contribution in [0.15, 0.2) is 6.20 Å². The van der Waals surface area contributed by atoms with Crippen molar-refractivity contribution in [1.82, 2.24) is 14.9 Å². The molecule has 7 heteroatoms. The standard InChI is InChI=1S/C8H12F3N3S/c1-2-12-6(3-4-8(9,10)11)7-5-13-14-15-7/h5-6,12H,2-4H2,1H3. The molecule has 1 atom stereocenters. The first-order valence-corrected chi connectivity index (χ1v) is 5.37. The van der Waals surface area contributed by atoms with Gasteiger partial charge < -0.3 is 5.32 Å². The summed E-state index contributed by atoms with van der Waals surface area (Å²) in [6.45, 7) is 2.48. The molecule has 1 aromatic rings. The Labute approximate surface area is 89.9 Å². The van der Waals surface area contributed by atoms with Crippen LogP contribution in [-0.2, 0) is 0 Å². The van der Waals surface area contributed by atoms with Gasteiger partial charge in [0, 0.05) is 12.5 Å². The highest BCUT2D eigenvalue weighted by Crippen LogP contribution is 2.28. The molecule has 0 radical (unpaired) electrons. The molecule has 86 valence electrons. The summed E-state index contributed by atoms with van der Waals surface area (Å²) in [6.07, 6.45) is -3.36. The maximum atomic E-state index is 12.0. The lowest BCUT2D eigenvalue weighted by Gasteiger charge is -2.16. The van der Waals surface area contributed by atoms with Crippen molar-refractivity contribution in [2.45, 2.75) is 32.0 Å². The first kappa shape index (κ1) is 12.4. The van der Waals surface area contributed by atoms with Crippen molar-refractivity contribution in [2.75, 3.05) is 6.54 Å². The first-order chi connectivity index (χ1) is 7.03. The summed E-state index contributed by atoms with van der Waals surface area (Å²) in [5, 5.41) is 6.61. The minimum Gasteiger partial charge on any atom is -0.309 e. The third-order valence-corrected chi connectivity index (χ3v) is 2.67. The van der Waals surface area contributed by atoms with Crippen LogP contribution in [0.5, 0.6) is 0 Å². The molecule has 3 nitrogen and oxygen atoms in total. The van der Waals surface area contributed by atoms with E-state index in [4.69, 9.17) is 0 Å². The molecule has 1 unspecified atom stereocenters. The Hall–Kier alpha value is -0.690. The third kappa shape index (κ3) is 4.57. The van der Waals surface area contributed by atoms with Crippen LogP contribution in [0.2, 0.25) is 0 Å². The lowest BCUT2D eigenvalue weighted by atomic mass is 10.1. The third-order valence-electron chi connectivity index (χ3n) is 1.89. The second kappa shape index (κ2) is 5.41. The summed E-state index contributed by atoms with van der Waals surface area (Å²) in [5.41, 5.74) is 0. The molecule has 0 spiro atoms. The molecular formula is C8H12F3N3S. The van der Waals surface area contributed by atoms with E-state index in [9.17, 15) is 13.2 Å². The Morgan fingerprint density at radius 1 is 1.53 bits per heavy atom. The van der Waals surface area contributed by atoms with E-state index in [-0.39, 0.29) is 12.5 Å². The smallest absolute Gasteiger partial charge is 0.309 e. The summed E-state index contributed by atoms with van der Waals surface area (Å²) in [4.78, 5) is 0.751. The number of halogens is 3. The van der Waals surface area contributed by atoms with Crippen molar-refractivity contribution in [3.05, 3.63) is 11.1 Å². The predicted molar refractivity (Wildman–Crippen MR) is 51.6 cm³/mol. The average Bonchev–Trinajstić information content (AvgIpc) is 2.63. The van der Waals surface area contributed by atoms with E-state index in [0.717, 1.165) is 16.4 Å². The Balaban J connectivity index is 2.52. The van der Waals surface area contributed by atoms with Crippen LogP contribution in [0, 0.1) is 0 Å². The van der Waals surface area contributed by atoms with E-state index >= 15 is 0 Å². The van der Waals surface area contributed by atoms with Crippen molar-refractivity contribution in [3.8, 4) is 0 Å². The molecule has 0 fully saturated rings. The van der Waals surface area contributed by atoms with E-state index in [1.54, 1.807) is 0 Å². The van der Waals surface area contributed by atoms with Gasteiger partial charge in [-0.2, -0.15) is 13.2 Å². The summed E-state index contributed by atoms with van der Waals surface area (Å²) in [7, 11) is 0. The molecule has 0 saturated carbocycles. The highest BCUT2D eigenvalue weighted by molar-refractivity contribution is 7.05. The minimum absolute atomic E-state index is 0.0290. The van der Waals surface area contributed by atoms with Crippen molar-refractivity contribution < 1.29 is 13.2 Å². The van der Waals surface area contributed by atoms with Gasteiger partial charge in [0.15, 0.2) is 0 Å². The quantitative estimate of drug-likeness (QED) is 0.858. The summed E-state index contributed by atoms with van der Waals surface area (Å²) in [5.74, 6) is 0. The highest BCUT2D eigenvalue weighted by atomic mass is 32.1. The Morgan fingerprint density at radius 3 is 2.73 bits per heavy atom. The zero-order valence-electron chi connectivity index (χ0n) is 8.21. The lowest BCUT2D eigenvalue weighted by molar-refractivity contribution is -0.136. The van der Waals surface area contributed by atoms with Crippen LogP contribution in [0.25, 0.3) is 0 Å². The van der Waals surface area contributed by atoms with Gasteiger partial charge in [-0.3, -0.25) is 0 Å². The van der Waals surface area contributed by atoms with E-state index in [2.05, 4.69) is 14.9 Å². The number of nitrogens with one attached hydrogen (secondary N) is 1. The van der Waals surface area contributed by atoms with Crippen molar-refractivity contribution in [2.24, 2.45) is 0 Å². The fourth-order valence-corrected chi connectivity index (χ4v) is 1.84. The molecule has 0 bridgehead atoms. The SMILES string of the molecule is CCNC(CCC(F)(F)F)c1cnns1. The van der Waals surface area contributed by atoms with Gasteiger partial charge in [0.25, 0.3) is 0 Å². The van der Waals surface area contributed by atoms with Crippen LogP contribution in [-0.4, -0.2) is 22.3 Å². The molecule has 1 rings (SSSR count). The molecule has 1 N–H and O–H groups in total. The molecule has 0 aliphatic heterocycles. The number of aromatic nitrogens is 2. The second-order valence-corrected chi connectivity index (χ2v) is 3.90. The van der Waals surface area contributed by atoms with Gasteiger partial charge in [-0.05, 0) is 24.5 Å². The molecule has 0 saturated heterocycles. The van der Waals surface area contributed by atoms with Crippen LogP contribution in [0.3, 0.4) is 0 Å². The van der Waals surface area contributed by atoms with E-state index in [0.29, 0.717) is 6.54 Å². The summed E-state index contributed by atoms with van der Waals surface area (Å²) in [6, 6.07) is -0.295. The fourth-order valence-electron chi connectivity index (χ4n) is 1.23. The van der Waals surface area contributed by atoms with Gasteiger partial charge in [0.1, 0.15) is 0 Å². The molecule has 0 aromatic carbocycles. The molecule has 1 heterocycles. The van der Waals surface area contributed by atoms with Crippen molar-refractivity contribution >= 4 is 11.5 Å². The molecule has 15 heavy (non-hydrogen) atoms. The van der Waals surface area contributed by atoms with Gasteiger partial charge in [0.05, 0.1) is 11.1 Å². The Kier molecular flexibility index (Phi) is 4.46. The number of rotatable bonds is 5. The average molecular weight is 239 g/mol. The van der Waals surface area contributed by atoms with E-state index < -0.39 is 12.6 Å². The maximum Gasteiger partial charge on any atom is 0.389 e. The normalized spacial score (nSPS) is 14.1. The van der Waals surface area contributed by atoms with Crippen molar-refractivity contribution in [1.29, 1.82) is 0 Å². The molecule has 0 amide bonds. The van der Waals surface area contributed by atoms with Gasteiger partial charge in [-0.25, -0.2) is 0 Å². The zero-order valence-corrected chi connectivity index (χ0v) is 9.03. The lowest BCUT2D eigenvalue weighted by Crippen LogP contribution is -2.22. The topological polar surface area (TPSA) is 37.8 Å². The minimum atomic E-state index is -4.11. The second-order valence-electron chi connectivity index (χ2n) is 3.08. The predicted octanol–water partition coefficient (Wildman–Crippen LogP) is 2.53. The van der Waals surface area contributed by atoms with Crippen LogP contribution in [0.4, 0.5) is 13.2 Å². The molecule has 0 aliphatic rings. The van der Waals surface area contributed by atoms with E-state index in [1.165, 1.54) is 6.20 Å². The van der Waals surface area contributed by atoms with Crippen LogP contribution < -0.4 is 5.32 Å². The number of alkyl halides is 3. The Morgan fingerprint density at radius 2 is 2.27 bits per heavy atom. The van der Waals surface area contributed by atoms with Crippen LogP contribution in [0.1, 0.15) is 30.7 Å². The monoisotopic (exact) mass is 239 g/mol.